The standard InChI is InChI=1S/C29H30BrN7O2/c1-4-24(38)35-13-11-21-25-22(37(34-21)18-7-5-17(6-8-18)16(2)3)12-14-36(23(25)15-35)28(39)19-9-10-20(30)27-26(19)32-29(31)33-27/h4-10,16,23H,1,11-15H2,2-3H3,(H3,31,32,33)/t23-/m1/s1. The minimum Gasteiger partial charge on any atom is -0.369 e. The van der Waals surface area contributed by atoms with Gasteiger partial charge in [-0.15, -0.1) is 0 Å². The maximum Gasteiger partial charge on any atom is 0.256 e. The van der Waals surface area contributed by atoms with Gasteiger partial charge in [0.25, 0.3) is 5.91 Å². The van der Waals surface area contributed by atoms with E-state index >= 15 is 0 Å². The second kappa shape index (κ2) is 9.68. The molecule has 4 aromatic rings. The van der Waals surface area contributed by atoms with Gasteiger partial charge in [0.15, 0.2) is 5.95 Å². The van der Waals surface area contributed by atoms with Crippen LogP contribution in [0, 0.1) is 0 Å². The maximum atomic E-state index is 14.2. The number of anilines is 1. The minimum absolute atomic E-state index is 0.139. The molecule has 0 bridgehead atoms. The molecule has 2 aliphatic rings. The Bertz CT molecular complexity index is 1620. The Morgan fingerprint density at radius 2 is 1.92 bits per heavy atom. The fraction of sp³-hybridized carbons (Fsp3) is 0.310. The summed E-state index contributed by atoms with van der Waals surface area (Å²) in [5.41, 5.74) is 13.0. The predicted octanol–water partition coefficient (Wildman–Crippen LogP) is 4.53. The van der Waals surface area contributed by atoms with Crippen LogP contribution in [-0.2, 0) is 17.6 Å². The molecule has 0 saturated heterocycles. The number of imidazole rings is 1. The number of amides is 2. The first kappa shape index (κ1) is 25.4. The zero-order valence-electron chi connectivity index (χ0n) is 21.9. The molecular formula is C29H30BrN7O2. The molecule has 0 fully saturated rings. The van der Waals surface area contributed by atoms with E-state index in [0.29, 0.717) is 55.0 Å². The van der Waals surface area contributed by atoms with Crippen molar-refractivity contribution in [2.75, 3.05) is 25.4 Å². The fourth-order valence-corrected chi connectivity index (χ4v) is 6.21. The second-order valence-electron chi connectivity index (χ2n) is 10.4. The molecule has 0 saturated carbocycles. The van der Waals surface area contributed by atoms with E-state index in [1.54, 1.807) is 11.0 Å². The van der Waals surface area contributed by atoms with E-state index in [2.05, 4.69) is 70.6 Å². The van der Waals surface area contributed by atoms with Crippen molar-refractivity contribution in [3.8, 4) is 5.69 Å². The molecule has 3 N–H and O–H groups in total. The third-order valence-electron chi connectivity index (χ3n) is 7.80. The largest absolute Gasteiger partial charge is 0.369 e. The summed E-state index contributed by atoms with van der Waals surface area (Å²) in [7, 11) is 0. The second-order valence-corrected chi connectivity index (χ2v) is 11.3. The Balaban J connectivity index is 1.45. The quantitative estimate of drug-likeness (QED) is 0.341. The first-order valence-corrected chi connectivity index (χ1v) is 13.9. The molecule has 2 aromatic carbocycles. The van der Waals surface area contributed by atoms with Gasteiger partial charge in [0, 0.05) is 42.5 Å². The van der Waals surface area contributed by atoms with E-state index in [9.17, 15) is 9.59 Å². The van der Waals surface area contributed by atoms with E-state index < -0.39 is 0 Å². The number of aromatic amines is 1. The van der Waals surface area contributed by atoms with Gasteiger partial charge >= 0.3 is 0 Å². The predicted molar refractivity (Wildman–Crippen MR) is 154 cm³/mol. The van der Waals surface area contributed by atoms with E-state index in [0.717, 1.165) is 27.1 Å². The number of nitrogens with one attached hydrogen (secondary N) is 1. The van der Waals surface area contributed by atoms with Gasteiger partial charge in [0.1, 0.15) is 5.52 Å². The molecular weight excluding hydrogens is 558 g/mol. The number of nitrogen functional groups attached to an aromatic ring is 1. The highest BCUT2D eigenvalue weighted by atomic mass is 79.9. The highest BCUT2D eigenvalue weighted by Gasteiger charge is 2.40. The number of rotatable bonds is 4. The minimum atomic E-state index is -0.342. The molecule has 0 spiro atoms. The Morgan fingerprint density at radius 3 is 2.64 bits per heavy atom. The summed E-state index contributed by atoms with van der Waals surface area (Å²) in [4.78, 5) is 37.9. The van der Waals surface area contributed by atoms with Gasteiger partial charge in [-0.05, 0) is 57.8 Å². The molecule has 1 atom stereocenters. The number of fused-ring (bicyclic) bond motifs is 1. The lowest BCUT2D eigenvalue weighted by Crippen LogP contribution is -2.45. The van der Waals surface area contributed by atoms with Crippen LogP contribution in [0.3, 0.4) is 0 Å². The summed E-state index contributed by atoms with van der Waals surface area (Å²) in [6, 6.07) is 11.8. The molecule has 6 rings (SSSR count). The normalized spacial score (nSPS) is 16.9. The van der Waals surface area contributed by atoms with Crippen LogP contribution in [0.25, 0.3) is 16.7 Å². The van der Waals surface area contributed by atoms with Crippen molar-refractivity contribution in [1.29, 1.82) is 0 Å². The van der Waals surface area contributed by atoms with Gasteiger partial charge in [-0.2, -0.15) is 5.10 Å². The van der Waals surface area contributed by atoms with Crippen LogP contribution in [-0.4, -0.2) is 61.0 Å². The van der Waals surface area contributed by atoms with Gasteiger partial charge in [-0.1, -0.05) is 32.6 Å². The number of halogens is 1. The summed E-state index contributed by atoms with van der Waals surface area (Å²) in [5.74, 6) is 0.402. The van der Waals surface area contributed by atoms with E-state index in [1.165, 1.54) is 11.6 Å². The van der Waals surface area contributed by atoms with Crippen molar-refractivity contribution in [2.24, 2.45) is 0 Å². The molecule has 2 amide bonds. The van der Waals surface area contributed by atoms with Crippen molar-refractivity contribution in [3.63, 3.8) is 0 Å². The van der Waals surface area contributed by atoms with E-state index in [1.807, 2.05) is 15.6 Å². The van der Waals surface area contributed by atoms with Crippen molar-refractivity contribution in [1.82, 2.24) is 29.5 Å². The lowest BCUT2D eigenvalue weighted by atomic mass is 9.94. The summed E-state index contributed by atoms with van der Waals surface area (Å²) < 4.78 is 2.79. The molecule has 9 nitrogen and oxygen atoms in total. The van der Waals surface area contributed by atoms with Gasteiger partial charge in [0.05, 0.1) is 34.2 Å². The average molecular weight is 589 g/mol. The molecule has 0 aliphatic carbocycles. The van der Waals surface area contributed by atoms with Crippen LogP contribution in [0.5, 0.6) is 0 Å². The van der Waals surface area contributed by atoms with E-state index in [4.69, 9.17) is 10.8 Å². The van der Waals surface area contributed by atoms with Gasteiger partial charge in [-0.25, -0.2) is 9.67 Å². The van der Waals surface area contributed by atoms with Crippen molar-refractivity contribution in [3.05, 3.63) is 81.6 Å². The van der Waals surface area contributed by atoms with Crippen LogP contribution >= 0.6 is 15.9 Å². The zero-order valence-corrected chi connectivity index (χ0v) is 23.5. The number of nitrogens with two attached hydrogens (primary N) is 1. The Hall–Kier alpha value is -3.92. The SMILES string of the molecule is C=CC(=O)N1CCc2nn(-c3ccc(C(C)C)cc3)c3c2[C@@H](C1)N(C(=O)c1ccc(Br)c2nc(N)[nH]c12)CC3. The summed E-state index contributed by atoms with van der Waals surface area (Å²) in [6.07, 6.45) is 2.59. The molecule has 10 heteroatoms. The maximum absolute atomic E-state index is 14.2. The number of benzene rings is 2. The van der Waals surface area contributed by atoms with Crippen molar-refractivity contribution >= 4 is 44.7 Å². The molecule has 39 heavy (non-hydrogen) atoms. The Kier molecular flexibility index (Phi) is 6.29. The molecule has 2 aliphatic heterocycles. The lowest BCUT2D eigenvalue weighted by molar-refractivity contribution is -0.126. The van der Waals surface area contributed by atoms with Crippen LogP contribution in [0.4, 0.5) is 5.95 Å². The van der Waals surface area contributed by atoms with Crippen LogP contribution in [0.15, 0.2) is 53.5 Å². The van der Waals surface area contributed by atoms with Gasteiger partial charge in [0.2, 0.25) is 5.91 Å². The fourth-order valence-electron chi connectivity index (χ4n) is 5.79. The summed E-state index contributed by atoms with van der Waals surface area (Å²) >= 11 is 3.51. The summed E-state index contributed by atoms with van der Waals surface area (Å²) in [5, 5.41) is 5.04. The number of carbonyl (C=O) groups is 2. The van der Waals surface area contributed by atoms with Crippen molar-refractivity contribution < 1.29 is 9.59 Å². The number of hydrogen-bond donors (Lipinski definition) is 2. The van der Waals surface area contributed by atoms with Crippen LogP contribution in [0.2, 0.25) is 0 Å². The van der Waals surface area contributed by atoms with E-state index in [-0.39, 0.29) is 23.8 Å². The van der Waals surface area contributed by atoms with Crippen LogP contribution in [0.1, 0.15) is 58.7 Å². The topological polar surface area (TPSA) is 113 Å². The third kappa shape index (κ3) is 4.23. The highest BCUT2D eigenvalue weighted by molar-refractivity contribution is 9.10. The van der Waals surface area contributed by atoms with Crippen LogP contribution < -0.4 is 5.73 Å². The highest BCUT2D eigenvalue weighted by Crippen LogP contribution is 2.38. The van der Waals surface area contributed by atoms with Gasteiger partial charge < -0.3 is 20.5 Å². The number of carbonyl (C=O) groups excluding carboxylic acids is 2. The summed E-state index contributed by atoms with van der Waals surface area (Å²) in [6.45, 7) is 9.42. The molecule has 2 aromatic heterocycles. The average Bonchev–Trinajstić information content (AvgIpc) is 3.45. The zero-order chi connectivity index (χ0) is 27.4. The smallest absolute Gasteiger partial charge is 0.256 e. The molecule has 0 radical (unpaired) electrons. The number of H-pyrrole nitrogens is 1. The van der Waals surface area contributed by atoms with Crippen molar-refractivity contribution in [2.45, 2.75) is 38.6 Å². The Morgan fingerprint density at radius 1 is 1.15 bits per heavy atom. The molecule has 200 valence electrons. The first-order chi connectivity index (χ1) is 18.8. The third-order valence-corrected chi connectivity index (χ3v) is 8.44. The number of aromatic nitrogens is 4. The first-order valence-electron chi connectivity index (χ1n) is 13.1. The number of hydrogen-bond acceptors (Lipinski definition) is 5. The lowest BCUT2D eigenvalue weighted by Gasteiger charge is -2.38. The monoisotopic (exact) mass is 587 g/mol. The molecule has 0 unspecified atom stereocenters. The Labute approximate surface area is 234 Å². The molecule has 4 heterocycles. The van der Waals surface area contributed by atoms with Gasteiger partial charge in [-0.3, -0.25) is 9.59 Å². The number of nitrogens with zero attached hydrogens (tertiary/aromatic N) is 5.